The standard InChI is InChI=1S/C19H19F3N2O4S/c1-28-14-4-2-3-13(11-14)12-17(25)23-7-9-24(10-8-23)29(26,27)16-6-5-15(20)18(21)19(16)22/h2-6,11H,7-10,12H2,1H3. The lowest BCUT2D eigenvalue weighted by molar-refractivity contribution is -0.131. The number of carbonyl (C=O) groups excluding carboxylic acids is 1. The van der Waals surface area contributed by atoms with E-state index in [4.69, 9.17) is 4.74 Å². The molecule has 29 heavy (non-hydrogen) atoms. The highest BCUT2D eigenvalue weighted by Crippen LogP contribution is 2.24. The number of nitrogens with zero attached hydrogens (tertiary/aromatic N) is 2. The number of carbonyl (C=O) groups is 1. The first kappa shape index (κ1) is 21.1. The van der Waals surface area contributed by atoms with E-state index < -0.39 is 32.4 Å². The summed E-state index contributed by atoms with van der Waals surface area (Å²) in [5.41, 5.74) is 0.758. The molecule has 0 bridgehead atoms. The Bertz CT molecular complexity index is 1020. The minimum atomic E-state index is -4.35. The molecule has 0 atom stereocenters. The van der Waals surface area contributed by atoms with Crippen LogP contribution < -0.4 is 4.74 Å². The molecule has 0 radical (unpaired) electrons. The van der Waals surface area contributed by atoms with Gasteiger partial charge in [0, 0.05) is 26.2 Å². The number of ether oxygens (including phenoxy) is 1. The molecule has 0 N–H and O–H groups in total. The smallest absolute Gasteiger partial charge is 0.246 e. The Morgan fingerprint density at radius 1 is 1.03 bits per heavy atom. The molecule has 1 heterocycles. The van der Waals surface area contributed by atoms with Crippen molar-refractivity contribution in [2.45, 2.75) is 11.3 Å². The molecule has 156 valence electrons. The monoisotopic (exact) mass is 428 g/mol. The fourth-order valence-corrected chi connectivity index (χ4v) is 4.57. The van der Waals surface area contributed by atoms with Crippen LogP contribution in [-0.4, -0.2) is 56.8 Å². The minimum Gasteiger partial charge on any atom is -0.497 e. The van der Waals surface area contributed by atoms with Gasteiger partial charge in [0.1, 0.15) is 10.6 Å². The molecule has 0 spiro atoms. The van der Waals surface area contributed by atoms with E-state index in [0.717, 1.165) is 9.87 Å². The first-order chi connectivity index (χ1) is 13.7. The second kappa shape index (κ2) is 8.42. The van der Waals surface area contributed by atoms with E-state index in [2.05, 4.69) is 0 Å². The molecule has 1 saturated heterocycles. The van der Waals surface area contributed by atoms with E-state index in [1.165, 1.54) is 12.0 Å². The summed E-state index contributed by atoms with van der Waals surface area (Å²) in [6.07, 6.45) is 0.127. The average molecular weight is 428 g/mol. The molecule has 0 saturated carbocycles. The summed E-state index contributed by atoms with van der Waals surface area (Å²) in [6.45, 7) is 0.0515. The number of rotatable bonds is 5. The summed E-state index contributed by atoms with van der Waals surface area (Å²) < 4.78 is 71.7. The van der Waals surface area contributed by atoms with Crippen LogP contribution in [0.3, 0.4) is 0 Å². The van der Waals surface area contributed by atoms with Gasteiger partial charge < -0.3 is 9.64 Å². The fraction of sp³-hybridized carbons (Fsp3) is 0.316. The van der Waals surface area contributed by atoms with Gasteiger partial charge in [-0.15, -0.1) is 0 Å². The lowest BCUT2D eigenvalue weighted by Gasteiger charge is -2.34. The number of hydrogen-bond acceptors (Lipinski definition) is 4. The largest absolute Gasteiger partial charge is 0.497 e. The number of hydrogen-bond donors (Lipinski definition) is 0. The summed E-state index contributed by atoms with van der Waals surface area (Å²) in [5.74, 6) is -4.61. The van der Waals surface area contributed by atoms with Gasteiger partial charge in [0.2, 0.25) is 15.9 Å². The van der Waals surface area contributed by atoms with Crippen molar-refractivity contribution in [3.05, 3.63) is 59.4 Å². The Balaban J connectivity index is 1.66. The summed E-state index contributed by atoms with van der Waals surface area (Å²) in [5, 5.41) is 0. The molecule has 1 amide bonds. The van der Waals surface area contributed by atoms with Crippen LogP contribution >= 0.6 is 0 Å². The van der Waals surface area contributed by atoms with Crippen molar-refractivity contribution in [3.8, 4) is 5.75 Å². The van der Waals surface area contributed by atoms with Gasteiger partial charge in [-0.05, 0) is 29.8 Å². The van der Waals surface area contributed by atoms with Crippen LogP contribution in [0, 0.1) is 17.5 Å². The number of piperazine rings is 1. The number of methoxy groups -OCH3 is 1. The van der Waals surface area contributed by atoms with E-state index in [1.807, 2.05) is 0 Å². The number of amides is 1. The number of sulfonamides is 1. The van der Waals surface area contributed by atoms with Crippen molar-refractivity contribution in [1.82, 2.24) is 9.21 Å². The third-order valence-corrected chi connectivity index (χ3v) is 6.61. The Morgan fingerprint density at radius 3 is 2.38 bits per heavy atom. The summed E-state index contributed by atoms with van der Waals surface area (Å²) in [4.78, 5) is 13.1. The average Bonchev–Trinajstić information content (AvgIpc) is 2.72. The minimum absolute atomic E-state index is 0.0788. The SMILES string of the molecule is COc1cccc(CC(=O)N2CCN(S(=O)(=O)c3ccc(F)c(F)c3F)CC2)c1. The maximum Gasteiger partial charge on any atom is 0.246 e. The molecule has 2 aromatic carbocycles. The summed E-state index contributed by atoms with van der Waals surface area (Å²) in [6, 6.07) is 8.32. The van der Waals surface area contributed by atoms with E-state index in [9.17, 15) is 26.4 Å². The Morgan fingerprint density at radius 2 is 1.72 bits per heavy atom. The normalized spacial score (nSPS) is 15.4. The molecular weight excluding hydrogens is 409 g/mol. The quantitative estimate of drug-likeness (QED) is 0.685. The molecule has 0 aromatic heterocycles. The Labute approximate surface area is 166 Å². The predicted octanol–water partition coefficient (Wildman–Crippen LogP) is 2.19. The van der Waals surface area contributed by atoms with Crippen molar-refractivity contribution in [3.63, 3.8) is 0 Å². The molecule has 10 heteroatoms. The first-order valence-corrected chi connectivity index (χ1v) is 10.2. The van der Waals surface area contributed by atoms with Crippen LogP contribution in [0.25, 0.3) is 0 Å². The molecule has 1 fully saturated rings. The van der Waals surface area contributed by atoms with Gasteiger partial charge >= 0.3 is 0 Å². The lowest BCUT2D eigenvalue weighted by Crippen LogP contribution is -2.51. The molecule has 1 aliphatic heterocycles. The van der Waals surface area contributed by atoms with Gasteiger partial charge in [-0.2, -0.15) is 4.31 Å². The van der Waals surface area contributed by atoms with E-state index in [0.29, 0.717) is 17.9 Å². The fourth-order valence-electron chi connectivity index (χ4n) is 3.09. The second-order valence-electron chi connectivity index (χ2n) is 6.49. The Kier molecular flexibility index (Phi) is 6.13. The van der Waals surface area contributed by atoms with Crippen LogP contribution in [0.2, 0.25) is 0 Å². The number of halogens is 3. The number of benzene rings is 2. The van der Waals surface area contributed by atoms with Gasteiger partial charge in [-0.25, -0.2) is 21.6 Å². The third kappa shape index (κ3) is 4.38. The van der Waals surface area contributed by atoms with Crippen LogP contribution in [0.5, 0.6) is 5.75 Å². The van der Waals surface area contributed by atoms with Crippen molar-refractivity contribution in [1.29, 1.82) is 0 Å². The lowest BCUT2D eigenvalue weighted by atomic mass is 10.1. The van der Waals surface area contributed by atoms with Crippen molar-refractivity contribution in [2.24, 2.45) is 0 Å². The van der Waals surface area contributed by atoms with Gasteiger partial charge in [-0.1, -0.05) is 12.1 Å². The van der Waals surface area contributed by atoms with Crippen LogP contribution in [0.15, 0.2) is 41.3 Å². The van der Waals surface area contributed by atoms with Crippen LogP contribution in [0.1, 0.15) is 5.56 Å². The molecule has 1 aliphatic rings. The van der Waals surface area contributed by atoms with Gasteiger partial charge in [0.15, 0.2) is 17.5 Å². The van der Waals surface area contributed by atoms with E-state index in [1.54, 1.807) is 24.3 Å². The first-order valence-electron chi connectivity index (χ1n) is 8.78. The van der Waals surface area contributed by atoms with Gasteiger partial charge in [-0.3, -0.25) is 4.79 Å². The topological polar surface area (TPSA) is 66.9 Å². The highest BCUT2D eigenvalue weighted by atomic mass is 32.2. The zero-order valence-corrected chi connectivity index (χ0v) is 16.4. The summed E-state index contributed by atoms with van der Waals surface area (Å²) in [7, 11) is -2.83. The molecule has 3 rings (SSSR count). The van der Waals surface area contributed by atoms with Crippen LogP contribution in [0.4, 0.5) is 13.2 Å². The van der Waals surface area contributed by atoms with E-state index in [-0.39, 0.29) is 38.5 Å². The predicted molar refractivity (Wildman–Crippen MR) is 98.4 cm³/mol. The molecular formula is C19H19F3N2O4S. The van der Waals surface area contributed by atoms with Crippen LogP contribution in [-0.2, 0) is 21.2 Å². The van der Waals surface area contributed by atoms with Crippen molar-refractivity contribution < 1.29 is 31.1 Å². The van der Waals surface area contributed by atoms with E-state index >= 15 is 0 Å². The summed E-state index contributed by atoms with van der Waals surface area (Å²) >= 11 is 0. The third-order valence-electron chi connectivity index (χ3n) is 4.70. The van der Waals surface area contributed by atoms with Crippen molar-refractivity contribution in [2.75, 3.05) is 33.3 Å². The molecule has 6 nitrogen and oxygen atoms in total. The molecule has 0 aliphatic carbocycles. The maximum absolute atomic E-state index is 13.9. The van der Waals surface area contributed by atoms with Crippen molar-refractivity contribution >= 4 is 15.9 Å². The van der Waals surface area contributed by atoms with Gasteiger partial charge in [0.25, 0.3) is 0 Å². The highest BCUT2D eigenvalue weighted by molar-refractivity contribution is 7.89. The highest BCUT2D eigenvalue weighted by Gasteiger charge is 2.33. The van der Waals surface area contributed by atoms with Gasteiger partial charge in [0.05, 0.1) is 13.5 Å². The Hall–Kier alpha value is -2.59. The second-order valence-corrected chi connectivity index (χ2v) is 8.39. The zero-order valence-electron chi connectivity index (χ0n) is 15.6. The molecule has 0 unspecified atom stereocenters. The molecule has 2 aromatic rings. The maximum atomic E-state index is 13.9. The zero-order chi connectivity index (χ0) is 21.2.